The first-order chi connectivity index (χ1) is 16.7. The molecule has 2 aromatic carbocycles. The van der Waals surface area contributed by atoms with Crippen LogP contribution in [0.1, 0.15) is 27.4 Å². The lowest BCUT2D eigenvalue weighted by Gasteiger charge is -2.06. The zero-order valence-electron chi connectivity index (χ0n) is 18.1. The van der Waals surface area contributed by atoms with Crippen molar-refractivity contribution in [3.63, 3.8) is 0 Å². The Kier molecular flexibility index (Phi) is 7.17. The summed E-state index contributed by atoms with van der Waals surface area (Å²) in [4.78, 5) is 23.3. The van der Waals surface area contributed by atoms with E-state index in [1.807, 2.05) is 0 Å². The van der Waals surface area contributed by atoms with Gasteiger partial charge in [-0.05, 0) is 58.7 Å². The van der Waals surface area contributed by atoms with Crippen LogP contribution in [-0.2, 0) is 13.2 Å². The number of rotatable bonds is 8. The summed E-state index contributed by atoms with van der Waals surface area (Å²) >= 11 is 9.39. The lowest BCUT2D eigenvalue weighted by atomic mass is 10.2. The number of hydrogen-bond acceptors (Lipinski definition) is 6. The number of amides is 1. The molecule has 0 spiro atoms. The van der Waals surface area contributed by atoms with Gasteiger partial charge >= 0.3 is 5.69 Å². The van der Waals surface area contributed by atoms with Crippen LogP contribution in [0.4, 0.5) is 15.9 Å². The molecule has 4 rings (SSSR count). The summed E-state index contributed by atoms with van der Waals surface area (Å²) in [7, 11) is 0. The van der Waals surface area contributed by atoms with Crippen molar-refractivity contribution < 1.29 is 23.3 Å². The van der Waals surface area contributed by atoms with Crippen molar-refractivity contribution >= 4 is 44.9 Å². The summed E-state index contributed by atoms with van der Waals surface area (Å²) < 4.78 is 27.0. The predicted octanol–water partition coefficient (Wildman–Crippen LogP) is 6.13. The van der Waals surface area contributed by atoms with Gasteiger partial charge in [-0.2, -0.15) is 5.10 Å². The number of benzene rings is 2. The second-order valence-corrected chi connectivity index (χ2v) is 8.72. The molecule has 0 unspecified atom stereocenters. The average molecular weight is 564 g/mol. The number of hydrogen-bond donors (Lipinski definition) is 1. The molecule has 0 atom stereocenters. The SMILES string of the molecule is Cc1ccc(OCc2ccc(C(=O)Nc3nn(Cc4c(F)cccc4Cl)cc3Br)o2)c([N+](=O)[O-])c1. The van der Waals surface area contributed by atoms with Crippen LogP contribution in [0.5, 0.6) is 5.75 Å². The van der Waals surface area contributed by atoms with Crippen molar-refractivity contribution in [2.75, 3.05) is 5.32 Å². The molecular formula is C23H17BrClFN4O5. The zero-order valence-corrected chi connectivity index (χ0v) is 20.5. The fourth-order valence-corrected chi connectivity index (χ4v) is 3.83. The van der Waals surface area contributed by atoms with E-state index in [9.17, 15) is 19.3 Å². The molecule has 0 radical (unpaired) electrons. The number of nitro groups is 1. The molecule has 12 heteroatoms. The maximum absolute atomic E-state index is 14.1. The van der Waals surface area contributed by atoms with Crippen molar-refractivity contribution in [2.24, 2.45) is 0 Å². The van der Waals surface area contributed by atoms with Crippen LogP contribution in [0.2, 0.25) is 5.02 Å². The fourth-order valence-electron chi connectivity index (χ4n) is 3.20. The largest absolute Gasteiger partial charge is 0.479 e. The van der Waals surface area contributed by atoms with Gasteiger partial charge in [-0.1, -0.05) is 23.7 Å². The first kappa shape index (κ1) is 24.4. The van der Waals surface area contributed by atoms with Gasteiger partial charge in [0.15, 0.2) is 17.3 Å². The highest BCUT2D eigenvalue weighted by atomic mass is 79.9. The van der Waals surface area contributed by atoms with Crippen LogP contribution < -0.4 is 10.1 Å². The van der Waals surface area contributed by atoms with E-state index in [4.69, 9.17) is 20.8 Å². The molecule has 0 saturated heterocycles. The number of carbonyl (C=O) groups excluding carboxylic acids is 1. The molecule has 9 nitrogen and oxygen atoms in total. The average Bonchev–Trinajstić information content (AvgIpc) is 3.42. The van der Waals surface area contributed by atoms with Gasteiger partial charge in [-0.15, -0.1) is 0 Å². The molecule has 0 aliphatic heterocycles. The molecular weight excluding hydrogens is 547 g/mol. The smallest absolute Gasteiger partial charge is 0.311 e. The van der Waals surface area contributed by atoms with Crippen LogP contribution in [-0.4, -0.2) is 20.6 Å². The molecule has 4 aromatic rings. The zero-order chi connectivity index (χ0) is 25.1. The van der Waals surface area contributed by atoms with Crippen molar-refractivity contribution in [1.82, 2.24) is 9.78 Å². The van der Waals surface area contributed by atoms with E-state index in [1.54, 1.807) is 25.3 Å². The Bertz CT molecular complexity index is 1400. The number of nitro benzene ring substituents is 1. The van der Waals surface area contributed by atoms with Crippen molar-refractivity contribution in [1.29, 1.82) is 0 Å². The van der Waals surface area contributed by atoms with Gasteiger partial charge in [-0.25, -0.2) is 4.39 Å². The van der Waals surface area contributed by atoms with Crippen molar-refractivity contribution in [3.8, 4) is 5.75 Å². The minimum atomic E-state index is -0.576. The van der Waals surface area contributed by atoms with Gasteiger partial charge in [0.2, 0.25) is 0 Å². The number of aromatic nitrogens is 2. The predicted molar refractivity (Wildman–Crippen MR) is 129 cm³/mol. The van der Waals surface area contributed by atoms with Crippen LogP contribution >= 0.6 is 27.5 Å². The Hall–Kier alpha value is -3.70. The number of nitrogens with one attached hydrogen (secondary N) is 1. The van der Waals surface area contributed by atoms with E-state index in [0.717, 1.165) is 5.56 Å². The molecule has 2 heterocycles. The molecule has 0 bridgehead atoms. The number of ether oxygens (including phenoxy) is 1. The Labute approximate surface area is 211 Å². The second kappa shape index (κ2) is 10.3. The molecule has 0 aliphatic rings. The summed E-state index contributed by atoms with van der Waals surface area (Å²) in [6.45, 7) is 1.69. The Morgan fingerprint density at radius 3 is 2.86 bits per heavy atom. The number of halogens is 3. The molecule has 0 aliphatic carbocycles. The highest BCUT2D eigenvalue weighted by Crippen LogP contribution is 2.29. The monoisotopic (exact) mass is 562 g/mol. The van der Waals surface area contributed by atoms with Crippen LogP contribution in [0, 0.1) is 22.9 Å². The van der Waals surface area contributed by atoms with Crippen molar-refractivity contribution in [3.05, 3.63) is 103 Å². The van der Waals surface area contributed by atoms with Gasteiger partial charge in [0.25, 0.3) is 5.91 Å². The quantitative estimate of drug-likeness (QED) is 0.204. The van der Waals surface area contributed by atoms with Gasteiger partial charge in [-0.3, -0.25) is 19.6 Å². The Morgan fingerprint density at radius 1 is 1.31 bits per heavy atom. The number of carbonyl (C=O) groups is 1. The second-order valence-electron chi connectivity index (χ2n) is 7.46. The normalized spacial score (nSPS) is 10.9. The minimum absolute atomic E-state index is 0.0133. The summed E-state index contributed by atoms with van der Waals surface area (Å²) in [6, 6.07) is 12.0. The lowest BCUT2D eigenvalue weighted by molar-refractivity contribution is -0.386. The third kappa shape index (κ3) is 5.69. The third-order valence-corrected chi connectivity index (χ3v) is 5.83. The summed E-state index contributed by atoms with van der Waals surface area (Å²) in [5, 5.41) is 18.4. The third-order valence-electron chi connectivity index (χ3n) is 4.90. The molecule has 1 N–H and O–H groups in total. The topological polar surface area (TPSA) is 112 Å². The first-order valence-corrected chi connectivity index (χ1v) is 11.3. The number of anilines is 1. The van der Waals surface area contributed by atoms with Gasteiger partial charge < -0.3 is 14.5 Å². The number of furan rings is 1. The molecule has 2 aromatic heterocycles. The number of aryl methyl sites for hydroxylation is 1. The van der Waals surface area contributed by atoms with E-state index in [0.29, 0.717) is 10.2 Å². The maximum atomic E-state index is 14.1. The van der Waals surface area contributed by atoms with E-state index in [1.165, 1.54) is 41.1 Å². The summed E-state index contributed by atoms with van der Waals surface area (Å²) in [5.74, 6) is -0.466. The standard InChI is InChI=1S/C23H17BrClFN4O5/c1-13-5-7-20(19(9-13)30(32)33)34-12-14-6-8-21(35-14)23(31)27-22-16(24)11-29(28-22)10-15-17(25)3-2-4-18(15)26/h2-9,11H,10,12H2,1H3,(H,27,28,31). The molecule has 1 amide bonds. The lowest BCUT2D eigenvalue weighted by Crippen LogP contribution is -2.12. The van der Waals surface area contributed by atoms with E-state index in [-0.39, 0.29) is 46.8 Å². The van der Waals surface area contributed by atoms with Crippen LogP contribution in [0.15, 0.2) is 63.6 Å². The summed E-state index contributed by atoms with van der Waals surface area (Å²) in [5.41, 5.74) is 0.838. The minimum Gasteiger partial charge on any atom is -0.479 e. The van der Waals surface area contributed by atoms with E-state index < -0.39 is 16.6 Å². The van der Waals surface area contributed by atoms with E-state index >= 15 is 0 Å². The van der Waals surface area contributed by atoms with Gasteiger partial charge in [0.05, 0.1) is 15.9 Å². The molecule has 180 valence electrons. The Balaban J connectivity index is 1.41. The molecule has 0 fully saturated rings. The first-order valence-electron chi connectivity index (χ1n) is 10.1. The fraction of sp³-hybridized carbons (Fsp3) is 0.130. The van der Waals surface area contributed by atoms with E-state index in [2.05, 4.69) is 26.3 Å². The van der Waals surface area contributed by atoms with Crippen LogP contribution in [0.25, 0.3) is 0 Å². The highest BCUT2D eigenvalue weighted by Gasteiger charge is 2.19. The Morgan fingerprint density at radius 2 is 2.11 bits per heavy atom. The maximum Gasteiger partial charge on any atom is 0.311 e. The number of nitrogens with zero attached hydrogens (tertiary/aromatic N) is 3. The van der Waals surface area contributed by atoms with Crippen molar-refractivity contribution in [2.45, 2.75) is 20.1 Å². The molecule has 0 saturated carbocycles. The molecule has 35 heavy (non-hydrogen) atoms. The summed E-state index contributed by atoms with van der Waals surface area (Å²) in [6.07, 6.45) is 1.58. The van der Waals surface area contributed by atoms with Crippen LogP contribution in [0.3, 0.4) is 0 Å². The van der Waals surface area contributed by atoms with Gasteiger partial charge in [0, 0.05) is 22.8 Å². The van der Waals surface area contributed by atoms with Gasteiger partial charge in [0.1, 0.15) is 18.2 Å². The highest BCUT2D eigenvalue weighted by molar-refractivity contribution is 9.10.